The Morgan fingerprint density at radius 2 is 1.83 bits per heavy atom. The first-order valence-electron chi connectivity index (χ1n) is 11.7. The molecular formula is C25H33N5O4S. The lowest BCUT2D eigenvalue weighted by Crippen LogP contribution is -2.26. The zero-order valence-electron chi connectivity index (χ0n) is 20.6. The van der Waals surface area contributed by atoms with Gasteiger partial charge in [0.2, 0.25) is 0 Å². The molecule has 4 rings (SSSR count). The van der Waals surface area contributed by atoms with Gasteiger partial charge in [0, 0.05) is 37.9 Å². The first-order chi connectivity index (χ1) is 16.5. The molecule has 9 nitrogen and oxygen atoms in total. The Morgan fingerprint density at radius 3 is 2.43 bits per heavy atom. The van der Waals surface area contributed by atoms with Gasteiger partial charge >= 0.3 is 6.03 Å². The second-order valence-electron chi connectivity index (χ2n) is 10.0. The molecular weight excluding hydrogens is 466 g/mol. The highest BCUT2D eigenvalue weighted by atomic mass is 32.2. The summed E-state index contributed by atoms with van der Waals surface area (Å²) < 4.78 is 35.6. The Hall–Kier alpha value is -3.11. The molecule has 1 aromatic heterocycles. The Morgan fingerprint density at radius 1 is 1.17 bits per heavy atom. The summed E-state index contributed by atoms with van der Waals surface area (Å²) in [7, 11) is -2.30. The quantitative estimate of drug-likeness (QED) is 0.530. The van der Waals surface area contributed by atoms with E-state index in [1.165, 1.54) is 35.6 Å². The van der Waals surface area contributed by atoms with E-state index in [0.29, 0.717) is 17.3 Å². The van der Waals surface area contributed by atoms with Crippen LogP contribution in [0.4, 0.5) is 16.2 Å². The monoisotopic (exact) mass is 499 g/mol. The third kappa shape index (κ3) is 5.28. The molecule has 0 spiro atoms. The van der Waals surface area contributed by atoms with E-state index in [1.807, 2.05) is 18.2 Å². The number of sulfonamides is 1. The number of fused-ring (bicyclic) bond motifs is 1. The molecule has 188 valence electrons. The molecule has 2 amide bonds. The van der Waals surface area contributed by atoms with Crippen molar-refractivity contribution in [3.05, 3.63) is 48.3 Å². The van der Waals surface area contributed by atoms with Crippen LogP contribution < -0.4 is 15.4 Å². The molecule has 1 aliphatic heterocycles. The van der Waals surface area contributed by atoms with Crippen LogP contribution in [-0.2, 0) is 26.7 Å². The number of carbonyl (C=O) groups is 1. The maximum atomic E-state index is 13.3. The predicted molar refractivity (Wildman–Crippen MR) is 137 cm³/mol. The number of nitrogens with one attached hydrogen (secondary N) is 1. The standard InChI is InChI=1S/C25H33N5O4S/c1-25(2,3)23-28-21-15-19(7-10-22(21)30(23)16-17-11-13-34-14-12-17)29(4)35(32,33)20-8-5-18(6-9-20)27-24(26)31/h5-10,15,17H,11-14,16H2,1-4H3,(H3,26,27,31). The van der Waals surface area contributed by atoms with Crippen LogP contribution in [0.5, 0.6) is 0 Å². The van der Waals surface area contributed by atoms with E-state index in [1.54, 1.807) is 0 Å². The van der Waals surface area contributed by atoms with E-state index < -0.39 is 16.1 Å². The molecule has 2 aromatic carbocycles. The fraction of sp³-hybridized carbons (Fsp3) is 0.440. The van der Waals surface area contributed by atoms with Gasteiger partial charge in [-0.25, -0.2) is 18.2 Å². The number of urea groups is 1. The molecule has 10 heteroatoms. The topological polar surface area (TPSA) is 120 Å². The highest BCUT2D eigenvalue weighted by Crippen LogP contribution is 2.32. The molecule has 1 fully saturated rings. The Kier molecular flexibility index (Phi) is 6.79. The summed E-state index contributed by atoms with van der Waals surface area (Å²) in [5.41, 5.74) is 7.66. The zero-order valence-corrected chi connectivity index (χ0v) is 21.4. The third-order valence-electron chi connectivity index (χ3n) is 6.33. The normalized spacial score (nSPS) is 15.3. The highest BCUT2D eigenvalue weighted by molar-refractivity contribution is 7.92. The van der Waals surface area contributed by atoms with Gasteiger partial charge in [-0.2, -0.15) is 0 Å². The van der Waals surface area contributed by atoms with Crippen molar-refractivity contribution in [1.29, 1.82) is 0 Å². The van der Waals surface area contributed by atoms with E-state index >= 15 is 0 Å². The molecule has 3 aromatic rings. The van der Waals surface area contributed by atoms with Crippen LogP contribution in [0.2, 0.25) is 0 Å². The van der Waals surface area contributed by atoms with Gasteiger partial charge < -0.3 is 20.4 Å². The smallest absolute Gasteiger partial charge is 0.316 e. The van der Waals surface area contributed by atoms with Crippen molar-refractivity contribution in [3.63, 3.8) is 0 Å². The maximum absolute atomic E-state index is 13.3. The van der Waals surface area contributed by atoms with Crippen molar-refractivity contribution in [1.82, 2.24) is 9.55 Å². The summed E-state index contributed by atoms with van der Waals surface area (Å²) in [5, 5.41) is 2.43. The van der Waals surface area contributed by atoms with E-state index in [0.717, 1.165) is 49.5 Å². The maximum Gasteiger partial charge on any atom is 0.316 e. The van der Waals surface area contributed by atoms with E-state index in [-0.39, 0.29) is 10.3 Å². The van der Waals surface area contributed by atoms with Gasteiger partial charge in [-0.1, -0.05) is 20.8 Å². The van der Waals surface area contributed by atoms with Gasteiger partial charge in [0.1, 0.15) is 5.82 Å². The lowest BCUT2D eigenvalue weighted by Gasteiger charge is -2.26. The molecule has 0 radical (unpaired) electrons. The van der Waals surface area contributed by atoms with Crippen LogP contribution >= 0.6 is 0 Å². The molecule has 0 bridgehead atoms. The summed E-state index contributed by atoms with van der Waals surface area (Å²) in [6, 6.07) is 10.8. The Bertz CT molecular complexity index is 1320. The van der Waals surface area contributed by atoms with Crippen molar-refractivity contribution < 1.29 is 17.9 Å². The summed E-state index contributed by atoms with van der Waals surface area (Å²) in [4.78, 5) is 16.1. The molecule has 0 unspecified atom stereocenters. The Labute approximate surface area is 206 Å². The van der Waals surface area contributed by atoms with Crippen molar-refractivity contribution >= 4 is 38.5 Å². The lowest BCUT2D eigenvalue weighted by molar-refractivity contribution is 0.0611. The summed E-state index contributed by atoms with van der Waals surface area (Å²) in [6.07, 6.45) is 2.05. The fourth-order valence-electron chi connectivity index (χ4n) is 4.41. The number of rotatable bonds is 6. The third-order valence-corrected chi connectivity index (χ3v) is 8.13. The number of ether oxygens (including phenoxy) is 1. The Balaban J connectivity index is 1.67. The molecule has 1 saturated heterocycles. The number of nitrogens with two attached hydrogens (primary N) is 1. The molecule has 35 heavy (non-hydrogen) atoms. The minimum absolute atomic E-state index is 0.107. The molecule has 1 aliphatic rings. The van der Waals surface area contributed by atoms with Gasteiger partial charge in [-0.05, 0) is 61.2 Å². The van der Waals surface area contributed by atoms with Gasteiger partial charge in [0.05, 0.1) is 21.6 Å². The van der Waals surface area contributed by atoms with Crippen molar-refractivity contribution in [2.75, 3.05) is 29.9 Å². The first kappa shape index (κ1) is 25.0. The van der Waals surface area contributed by atoms with Crippen molar-refractivity contribution in [2.45, 2.75) is 50.5 Å². The van der Waals surface area contributed by atoms with Crippen molar-refractivity contribution in [2.24, 2.45) is 11.7 Å². The molecule has 3 N–H and O–H groups in total. The predicted octanol–water partition coefficient (Wildman–Crippen LogP) is 4.08. The number of anilines is 2. The number of imidazole rings is 1. The number of hydrogen-bond acceptors (Lipinski definition) is 5. The van der Waals surface area contributed by atoms with Crippen LogP contribution in [0.1, 0.15) is 39.4 Å². The minimum atomic E-state index is -3.82. The fourth-order valence-corrected chi connectivity index (χ4v) is 5.60. The van der Waals surface area contributed by atoms with Crippen LogP contribution in [0, 0.1) is 5.92 Å². The van der Waals surface area contributed by atoms with Gasteiger partial charge in [0.15, 0.2) is 0 Å². The number of amides is 2. The number of aromatic nitrogens is 2. The van der Waals surface area contributed by atoms with Gasteiger partial charge in [0.25, 0.3) is 10.0 Å². The van der Waals surface area contributed by atoms with Gasteiger partial charge in [-0.3, -0.25) is 4.31 Å². The summed E-state index contributed by atoms with van der Waals surface area (Å²) >= 11 is 0. The number of primary amides is 1. The largest absolute Gasteiger partial charge is 0.381 e. The van der Waals surface area contributed by atoms with Crippen LogP contribution in [0.3, 0.4) is 0 Å². The van der Waals surface area contributed by atoms with E-state index in [4.69, 9.17) is 15.5 Å². The molecule has 0 atom stereocenters. The number of nitrogens with zero attached hydrogens (tertiary/aromatic N) is 3. The van der Waals surface area contributed by atoms with E-state index in [9.17, 15) is 13.2 Å². The number of hydrogen-bond donors (Lipinski definition) is 2. The van der Waals surface area contributed by atoms with Crippen LogP contribution in [0.15, 0.2) is 47.4 Å². The van der Waals surface area contributed by atoms with Crippen molar-refractivity contribution in [3.8, 4) is 0 Å². The minimum Gasteiger partial charge on any atom is -0.381 e. The van der Waals surface area contributed by atoms with Gasteiger partial charge in [-0.15, -0.1) is 0 Å². The number of carbonyl (C=O) groups excluding carboxylic acids is 1. The highest BCUT2D eigenvalue weighted by Gasteiger charge is 2.27. The van der Waals surface area contributed by atoms with Crippen LogP contribution in [-0.4, -0.2) is 44.3 Å². The summed E-state index contributed by atoms with van der Waals surface area (Å²) in [6.45, 7) is 8.86. The molecule has 0 aliphatic carbocycles. The molecule has 0 saturated carbocycles. The first-order valence-corrected chi connectivity index (χ1v) is 13.1. The SMILES string of the molecule is CN(c1ccc2c(c1)nc(C(C)(C)C)n2CC1CCOCC1)S(=O)(=O)c1ccc(NC(N)=O)cc1. The lowest BCUT2D eigenvalue weighted by atomic mass is 9.94. The average Bonchev–Trinajstić information content (AvgIpc) is 3.17. The number of benzene rings is 2. The second-order valence-corrected chi connectivity index (χ2v) is 12.0. The molecule has 2 heterocycles. The zero-order chi connectivity index (χ0) is 25.4. The van der Waals surface area contributed by atoms with E-state index in [2.05, 4.69) is 30.7 Å². The summed E-state index contributed by atoms with van der Waals surface area (Å²) in [5.74, 6) is 1.51. The second kappa shape index (κ2) is 9.50. The van der Waals surface area contributed by atoms with Crippen LogP contribution in [0.25, 0.3) is 11.0 Å². The average molecular weight is 500 g/mol.